The van der Waals surface area contributed by atoms with Crippen molar-refractivity contribution in [1.29, 1.82) is 0 Å². The number of anilines is 1. The van der Waals surface area contributed by atoms with Crippen LogP contribution in [0.15, 0.2) is 34.0 Å². The number of oxime groups is 1. The molecule has 0 aliphatic carbocycles. The predicted molar refractivity (Wildman–Crippen MR) is 79.7 cm³/mol. The Morgan fingerprint density at radius 3 is 2.95 bits per heavy atom. The predicted octanol–water partition coefficient (Wildman–Crippen LogP) is 1.53. The highest BCUT2D eigenvalue weighted by molar-refractivity contribution is 9.10. The molecule has 0 fully saturated rings. The number of rotatable bonds is 4. The van der Waals surface area contributed by atoms with Crippen molar-refractivity contribution in [2.45, 2.75) is 0 Å². The molecule has 2 rings (SSSR count). The largest absolute Gasteiger partial charge is 0.497 e. The van der Waals surface area contributed by atoms with Gasteiger partial charge in [0.2, 0.25) is 0 Å². The molecule has 21 heavy (non-hydrogen) atoms. The van der Waals surface area contributed by atoms with E-state index < -0.39 is 5.91 Å². The summed E-state index contributed by atoms with van der Waals surface area (Å²) in [5, 5.41) is 20.5. The van der Waals surface area contributed by atoms with E-state index in [1.165, 1.54) is 13.3 Å². The number of aromatic amines is 1. The van der Waals surface area contributed by atoms with E-state index in [-0.39, 0.29) is 17.2 Å². The second-order valence-electron chi connectivity index (χ2n) is 3.94. The van der Waals surface area contributed by atoms with E-state index >= 15 is 0 Å². The van der Waals surface area contributed by atoms with Gasteiger partial charge in [0.25, 0.3) is 5.91 Å². The van der Waals surface area contributed by atoms with Gasteiger partial charge in [-0.25, -0.2) is 0 Å². The van der Waals surface area contributed by atoms with Crippen molar-refractivity contribution in [3.8, 4) is 5.75 Å². The number of benzene rings is 1. The van der Waals surface area contributed by atoms with Gasteiger partial charge in [-0.05, 0) is 34.1 Å². The maximum atomic E-state index is 12.3. The third kappa shape index (κ3) is 3.14. The molecular formula is C12H12BrN5O3. The Balaban J connectivity index is 2.29. The minimum Gasteiger partial charge on any atom is -0.497 e. The average molecular weight is 354 g/mol. The summed E-state index contributed by atoms with van der Waals surface area (Å²) in [5.74, 6) is 0.204. The molecule has 0 aliphatic heterocycles. The first-order chi connectivity index (χ1) is 10.1. The lowest BCUT2D eigenvalue weighted by atomic mass is 10.2. The number of halogens is 1. The fourth-order valence-electron chi connectivity index (χ4n) is 1.62. The molecule has 0 unspecified atom stereocenters. The summed E-state index contributed by atoms with van der Waals surface area (Å²) < 4.78 is 5.68. The molecule has 5 N–H and O–H groups in total. The number of nitrogens with one attached hydrogen (secondary N) is 2. The zero-order chi connectivity index (χ0) is 15.4. The molecule has 110 valence electrons. The molecule has 0 saturated heterocycles. The summed E-state index contributed by atoms with van der Waals surface area (Å²) in [6, 6.07) is 5.00. The number of methoxy groups -OCH3 is 1. The van der Waals surface area contributed by atoms with Crippen LogP contribution in [-0.4, -0.2) is 34.3 Å². The number of carbonyl (C=O) groups excluding carboxylic acids is 1. The Kier molecular flexibility index (Phi) is 4.43. The molecule has 1 aromatic carbocycles. The van der Waals surface area contributed by atoms with Gasteiger partial charge in [0.1, 0.15) is 11.6 Å². The normalized spacial score (nSPS) is 11.2. The van der Waals surface area contributed by atoms with E-state index in [0.29, 0.717) is 15.8 Å². The standard InChI is InChI=1S/C12H12BrN5O3/c1-21-6-2-3-9(13)7(4-6)12(19)16-11-8(5-15-17-11)10(14)18-20/h2-5,20H,1H3,(H2,14,18)(H2,15,16,17,19). The van der Waals surface area contributed by atoms with E-state index in [1.807, 2.05) is 0 Å². The van der Waals surface area contributed by atoms with Gasteiger partial charge in [0.05, 0.1) is 24.4 Å². The van der Waals surface area contributed by atoms with Gasteiger partial charge in [-0.3, -0.25) is 9.89 Å². The summed E-state index contributed by atoms with van der Waals surface area (Å²) in [5.41, 5.74) is 6.14. The zero-order valence-corrected chi connectivity index (χ0v) is 12.5. The fourth-order valence-corrected chi connectivity index (χ4v) is 2.04. The summed E-state index contributed by atoms with van der Waals surface area (Å²) in [7, 11) is 1.51. The van der Waals surface area contributed by atoms with Crippen LogP contribution >= 0.6 is 15.9 Å². The molecule has 1 heterocycles. The lowest BCUT2D eigenvalue weighted by Crippen LogP contribution is -2.18. The number of amides is 1. The number of H-pyrrole nitrogens is 1. The van der Waals surface area contributed by atoms with Gasteiger partial charge < -0.3 is 21.0 Å². The third-order valence-electron chi connectivity index (χ3n) is 2.68. The highest BCUT2D eigenvalue weighted by atomic mass is 79.9. The second-order valence-corrected chi connectivity index (χ2v) is 4.80. The lowest BCUT2D eigenvalue weighted by molar-refractivity contribution is 0.102. The highest BCUT2D eigenvalue weighted by Gasteiger charge is 2.16. The quantitative estimate of drug-likeness (QED) is 0.287. The van der Waals surface area contributed by atoms with Crippen molar-refractivity contribution < 1.29 is 14.7 Å². The van der Waals surface area contributed by atoms with E-state index in [4.69, 9.17) is 15.7 Å². The summed E-state index contributed by atoms with van der Waals surface area (Å²) in [4.78, 5) is 12.3. The topological polar surface area (TPSA) is 126 Å². The maximum Gasteiger partial charge on any atom is 0.258 e. The highest BCUT2D eigenvalue weighted by Crippen LogP contribution is 2.23. The van der Waals surface area contributed by atoms with Crippen LogP contribution in [0, 0.1) is 0 Å². The Morgan fingerprint density at radius 2 is 2.29 bits per heavy atom. The number of aromatic nitrogens is 2. The van der Waals surface area contributed by atoms with Crippen molar-refractivity contribution >= 4 is 33.5 Å². The van der Waals surface area contributed by atoms with Crippen LogP contribution in [0.3, 0.4) is 0 Å². The minimum absolute atomic E-state index is 0.163. The van der Waals surface area contributed by atoms with E-state index in [9.17, 15) is 4.79 Å². The van der Waals surface area contributed by atoms with Gasteiger partial charge in [-0.2, -0.15) is 5.10 Å². The van der Waals surface area contributed by atoms with Gasteiger partial charge in [0.15, 0.2) is 5.84 Å². The van der Waals surface area contributed by atoms with Gasteiger partial charge >= 0.3 is 0 Å². The van der Waals surface area contributed by atoms with Crippen molar-refractivity contribution in [3.63, 3.8) is 0 Å². The Bertz CT molecular complexity index is 698. The molecule has 2 aromatic rings. The molecule has 0 bridgehead atoms. The monoisotopic (exact) mass is 353 g/mol. The minimum atomic E-state index is -0.406. The van der Waals surface area contributed by atoms with Crippen molar-refractivity contribution in [3.05, 3.63) is 40.0 Å². The van der Waals surface area contributed by atoms with Crippen LogP contribution < -0.4 is 15.8 Å². The zero-order valence-electron chi connectivity index (χ0n) is 10.9. The smallest absolute Gasteiger partial charge is 0.258 e. The van der Waals surface area contributed by atoms with Crippen LogP contribution in [-0.2, 0) is 0 Å². The fraction of sp³-hybridized carbons (Fsp3) is 0.0833. The first-order valence-corrected chi connectivity index (χ1v) is 6.52. The summed E-state index contributed by atoms with van der Waals surface area (Å²) in [6.07, 6.45) is 1.34. The van der Waals surface area contributed by atoms with E-state index in [0.717, 1.165) is 0 Å². The van der Waals surface area contributed by atoms with Crippen molar-refractivity contribution in [2.75, 3.05) is 12.4 Å². The Hall–Kier alpha value is -2.55. The first-order valence-electron chi connectivity index (χ1n) is 5.73. The number of hydrogen-bond donors (Lipinski definition) is 4. The molecule has 0 radical (unpaired) electrons. The molecule has 0 spiro atoms. The second kappa shape index (κ2) is 6.27. The van der Waals surface area contributed by atoms with E-state index in [1.54, 1.807) is 18.2 Å². The molecule has 9 heteroatoms. The molecule has 1 aromatic heterocycles. The Labute approximate surface area is 128 Å². The SMILES string of the molecule is COc1ccc(Br)c(C(=O)Nc2[nH]ncc2C(N)=NO)c1. The molecule has 0 saturated carbocycles. The Morgan fingerprint density at radius 1 is 1.52 bits per heavy atom. The molecule has 8 nitrogen and oxygen atoms in total. The number of nitrogens with two attached hydrogens (primary N) is 1. The summed E-state index contributed by atoms with van der Waals surface area (Å²) >= 11 is 3.29. The molecule has 0 atom stereocenters. The maximum absolute atomic E-state index is 12.3. The molecule has 1 amide bonds. The summed E-state index contributed by atoms with van der Waals surface area (Å²) in [6.45, 7) is 0. The van der Waals surface area contributed by atoms with Crippen LogP contribution in [0.1, 0.15) is 15.9 Å². The van der Waals surface area contributed by atoms with Crippen LogP contribution in [0.25, 0.3) is 0 Å². The van der Waals surface area contributed by atoms with Crippen LogP contribution in [0.2, 0.25) is 0 Å². The average Bonchev–Trinajstić information content (AvgIpc) is 2.95. The number of amidine groups is 1. The number of hydrogen-bond acceptors (Lipinski definition) is 5. The van der Waals surface area contributed by atoms with Gasteiger partial charge in [-0.1, -0.05) is 5.16 Å². The number of ether oxygens (including phenoxy) is 1. The van der Waals surface area contributed by atoms with Crippen molar-refractivity contribution in [1.82, 2.24) is 10.2 Å². The van der Waals surface area contributed by atoms with Gasteiger partial charge in [-0.15, -0.1) is 0 Å². The number of carbonyl (C=O) groups is 1. The first kappa shape index (κ1) is 14.9. The number of nitrogens with zero attached hydrogens (tertiary/aromatic N) is 2. The molecular weight excluding hydrogens is 342 g/mol. The van der Waals surface area contributed by atoms with Crippen LogP contribution in [0.4, 0.5) is 5.82 Å². The van der Waals surface area contributed by atoms with Gasteiger partial charge in [0, 0.05) is 4.47 Å². The third-order valence-corrected chi connectivity index (χ3v) is 3.37. The van der Waals surface area contributed by atoms with E-state index in [2.05, 4.69) is 36.6 Å². The van der Waals surface area contributed by atoms with Crippen LogP contribution in [0.5, 0.6) is 5.75 Å². The van der Waals surface area contributed by atoms with Crippen molar-refractivity contribution in [2.24, 2.45) is 10.9 Å². The lowest BCUT2D eigenvalue weighted by Gasteiger charge is -2.08. The molecule has 0 aliphatic rings.